The third-order valence-electron chi connectivity index (χ3n) is 4.83. The Morgan fingerprint density at radius 1 is 1.09 bits per heavy atom. The van der Waals surface area contributed by atoms with Crippen LogP contribution in [0.25, 0.3) is 0 Å². The minimum Gasteiger partial charge on any atom is -0.497 e. The van der Waals surface area contributed by atoms with Crippen LogP contribution in [0.1, 0.15) is 37.9 Å². The molecule has 0 fully saturated rings. The second-order valence-corrected chi connectivity index (χ2v) is 8.67. The molecule has 0 bridgehead atoms. The molecule has 1 atom stereocenters. The Labute approximate surface area is 200 Å². The van der Waals surface area contributed by atoms with Crippen LogP contribution in [0.15, 0.2) is 61.2 Å². The molecule has 0 radical (unpaired) electrons. The lowest BCUT2D eigenvalue weighted by Gasteiger charge is -2.31. The first kappa shape index (κ1) is 26.4. The quantitative estimate of drug-likeness (QED) is 0.538. The van der Waals surface area contributed by atoms with Gasteiger partial charge in [0, 0.05) is 12.2 Å². The third kappa shape index (κ3) is 7.65. The summed E-state index contributed by atoms with van der Waals surface area (Å²) in [5, 5.41) is 5.34. The zero-order chi connectivity index (χ0) is 25.3. The summed E-state index contributed by atoms with van der Waals surface area (Å²) >= 11 is 0. The third-order valence-corrected chi connectivity index (χ3v) is 4.83. The molecule has 0 heterocycles. The van der Waals surface area contributed by atoms with Crippen molar-refractivity contribution < 1.29 is 23.9 Å². The molecular formula is C26H33N3O5. The number of nitrogens with one attached hydrogen (secondary N) is 2. The highest BCUT2D eigenvalue weighted by atomic mass is 16.6. The Morgan fingerprint density at radius 2 is 1.74 bits per heavy atom. The van der Waals surface area contributed by atoms with Crippen LogP contribution in [-0.4, -0.2) is 48.6 Å². The van der Waals surface area contributed by atoms with Crippen LogP contribution < -0.4 is 15.4 Å². The topological polar surface area (TPSA) is 97.0 Å². The van der Waals surface area contributed by atoms with Crippen molar-refractivity contribution in [2.75, 3.05) is 25.5 Å². The summed E-state index contributed by atoms with van der Waals surface area (Å²) in [7, 11) is 1.56. The van der Waals surface area contributed by atoms with E-state index in [0.717, 1.165) is 5.56 Å². The van der Waals surface area contributed by atoms with Gasteiger partial charge < -0.3 is 25.0 Å². The molecule has 2 aromatic carbocycles. The number of carbonyl (C=O) groups excluding carboxylic acids is 3. The highest BCUT2D eigenvalue weighted by molar-refractivity contribution is 5.98. The number of methoxy groups -OCH3 is 1. The van der Waals surface area contributed by atoms with Gasteiger partial charge >= 0.3 is 6.09 Å². The molecule has 8 nitrogen and oxygen atoms in total. The van der Waals surface area contributed by atoms with Crippen LogP contribution in [0.4, 0.5) is 10.5 Å². The van der Waals surface area contributed by atoms with Crippen molar-refractivity contribution in [1.29, 1.82) is 0 Å². The molecule has 8 heteroatoms. The summed E-state index contributed by atoms with van der Waals surface area (Å²) in [5.41, 5.74) is 1.37. The van der Waals surface area contributed by atoms with E-state index in [4.69, 9.17) is 9.47 Å². The van der Waals surface area contributed by atoms with Gasteiger partial charge in [0.25, 0.3) is 5.91 Å². The van der Waals surface area contributed by atoms with Gasteiger partial charge in [0.1, 0.15) is 23.9 Å². The number of alkyl carbamates (subject to hydrolysis) is 1. The van der Waals surface area contributed by atoms with Gasteiger partial charge in [-0.2, -0.15) is 0 Å². The predicted octanol–water partition coefficient (Wildman–Crippen LogP) is 4.22. The molecular weight excluding hydrogens is 434 g/mol. The Kier molecular flexibility index (Phi) is 9.24. The van der Waals surface area contributed by atoms with E-state index >= 15 is 0 Å². The van der Waals surface area contributed by atoms with Crippen LogP contribution in [0.3, 0.4) is 0 Å². The number of hydrogen-bond acceptors (Lipinski definition) is 5. The van der Waals surface area contributed by atoms with E-state index in [2.05, 4.69) is 17.2 Å². The lowest BCUT2D eigenvalue weighted by molar-refractivity contribution is -0.137. The molecule has 2 aromatic rings. The standard InChI is InChI=1S/C26H33N3O5/c1-7-16-29(22(30)17-27-25(32)34-26(3,4)5)23(21-11-9-8-10-18(21)2)24(31)28-19-12-14-20(33-6)15-13-19/h7-15,23H,1,16-17H2,2-6H3,(H,27,32)(H,28,31). The highest BCUT2D eigenvalue weighted by Crippen LogP contribution is 2.26. The molecule has 2 rings (SSSR count). The molecule has 0 aromatic heterocycles. The second kappa shape index (κ2) is 11.9. The van der Waals surface area contributed by atoms with Crippen LogP contribution in [0, 0.1) is 6.92 Å². The van der Waals surface area contributed by atoms with E-state index in [1.54, 1.807) is 58.2 Å². The van der Waals surface area contributed by atoms with Gasteiger partial charge in [0.05, 0.1) is 7.11 Å². The maximum absolute atomic E-state index is 13.5. The fourth-order valence-corrected chi connectivity index (χ4v) is 3.28. The number of nitrogens with zero attached hydrogens (tertiary/aromatic N) is 1. The molecule has 2 N–H and O–H groups in total. The molecule has 0 saturated heterocycles. The lowest BCUT2D eigenvalue weighted by atomic mass is 9.98. The van der Waals surface area contributed by atoms with Crippen molar-refractivity contribution >= 4 is 23.6 Å². The predicted molar refractivity (Wildman–Crippen MR) is 132 cm³/mol. The van der Waals surface area contributed by atoms with Gasteiger partial charge in [0.2, 0.25) is 5.91 Å². The molecule has 0 aliphatic heterocycles. The van der Waals surface area contributed by atoms with Crippen LogP contribution in [-0.2, 0) is 14.3 Å². The van der Waals surface area contributed by atoms with Gasteiger partial charge in [-0.05, 0) is 63.1 Å². The number of benzene rings is 2. The largest absolute Gasteiger partial charge is 0.497 e. The number of aryl methyl sites for hydroxylation is 1. The van der Waals surface area contributed by atoms with Gasteiger partial charge in [-0.25, -0.2) is 4.79 Å². The molecule has 1 unspecified atom stereocenters. The normalized spacial score (nSPS) is 11.7. The van der Waals surface area contributed by atoms with Gasteiger partial charge in [-0.15, -0.1) is 6.58 Å². The Balaban J connectivity index is 2.32. The summed E-state index contributed by atoms with van der Waals surface area (Å²) in [4.78, 5) is 40.1. The molecule has 182 valence electrons. The molecule has 0 saturated carbocycles. The van der Waals surface area contributed by atoms with E-state index in [9.17, 15) is 14.4 Å². The van der Waals surface area contributed by atoms with Crippen molar-refractivity contribution in [3.8, 4) is 5.75 Å². The van der Waals surface area contributed by atoms with Crippen molar-refractivity contribution in [3.63, 3.8) is 0 Å². The first-order valence-electron chi connectivity index (χ1n) is 10.9. The molecule has 3 amide bonds. The summed E-state index contributed by atoms with van der Waals surface area (Å²) in [6, 6.07) is 13.3. The number of hydrogen-bond donors (Lipinski definition) is 2. The molecule has 34 heavy (non-hydrogen) atoms. The summed E-state index contributed by atoms with van der Waals surface area (Å²) in [6.45, 7) is 10.6. The van der Waals surface area contributed by atoms with Crippen molar-refractivity contribution in [2.45, 2.75) is 39.3 Å². The van der Waals surface area contributed by atoms with Gasteiger partial charge in [-0.3, -0.25) is 9.59 Å². The van der Waals surface area contributed by atoms with E-state index in [-0.39, 0.29) is 13.1 Å². The highest BCUT2D eigenvalue weighted by Gasteiger charge is 2.32. The van der Waals surface area contributed by atoms with Crippen LogP contribution >= 0.6 is 0 Å². The zero-order valence-corrected chi connectivity index (χ0v) is 20.4. The fraction of sp³-hybridized carbons (Fsp3) is 0.346. The summed E-state index contributed by atoms with van der Waals surface area (Å²) in [6.07, 6.45) is 0.826. The van der Waals surface area contributed by atoms with Gasteiger partial charge in [-0.1, -0.05) is 30.3 Å². The van der Waals surface area contributed by atoms with Gasteiger partial charge in [0.15, 0.2) is 0 Å². The summed E-state index contributed by atoms with van der Waals surface area (Å²) in [5.74, 6) is -0.194. The van der Waals surface area contributed by atoms with E-state index < -0.39 is 29.6 Å². The maximum Gasteiger partial charge on any atom is 0.408 e. The monoisotopic (exact) mass is 467 g/mol. The smallest absolute Gasteiger partial charge is 0.408 e. The number of rotatable bonds is 9. The van der Waals surface area contributed by atoms with Crippen molar-refractivity contribution in [3.05, 3.63) is 72.3 Å². The average molecular weight is 468 g/mol. The summed E-state index contributed by atoms with van der Waals surface area (Å²) < 4.78 is 10.4. The van der Waals surface area contributed by atoms with E-state index in [0.29, 0.717) is 17.0 Å². The lowest BCUT2D eigenvalue weighted by Crippen LogP contribution is -2.46. The minimum absolute atomic E-state index is 0.101. The SMILES string of the molecule is C=CCN(C(=O)CNC(=O)OC(C)(C)C)C(C(=O)Nc1ccc(OC)cc1)c1ccccc1C. The molecule has 0 spiro atoms. The Hall–Kier alpha value is -3.81. The van der Waals surface area contributed by atoms with Crippen molar-refractivity contribution in [1.82, 2.24) is 10.2 Å². The molecule has 0 aliphatic rings. The number of carbonyl (C=O) groups is 3. The van der Waals surface area contributed by atoms with Crippen molar-refractivity contribution in [2.24, 2.45) is 0 Å². The average Bonchev–Trinajstić information content (AvgIpc) is 2.77. The fourth-order valence-electron chi connectivity index (χ4n) is 3.28. The maximum atomic E-state index is 13.5. The first-order valence-corrected chi connectivity index (χ1v) is 10.9. The Morgan fingerprint density at radius 3 is 2.29 bits per heavy atom. The first-order chi connectivity index (χ1) is 16.1. The zero-order valence-electron chi connectivity index (χ0n) is 20.4. The number of amides is 3. The van der Waals surface area contributed by atoms with Crippen LogP contribution in [0.2, 0.25) is 0 Å². The number of ether oxygens (including phenoxy) is 2. The van der Waals surface area contributed by atoms with Crippen LogP contribution in [0.5, 0.6) is 5.75 Å². The van der Waals surface area contributed by atoms with E-state index in [1.807, 2.05) is 25.1 Å². The Bertz CT molecular complexity index is 1010. The molecule has 0 aliphatic carbocycles. The number of anilines is 1. The minimum atomic E-state index is -0.950. The second-order valence-electron chi connectivity index (χ2n) is 8.67. The van der Waals surface area contributed by atoms with E-state index in [1.165, 1.54) is 11.0 Å².